The van der Waals surface area contributed by atoms with Crippen molar-refractivity contribution < 1.29 is 33.8 Å². The molecule has 13 heteroatoms. The Morgan fingerprint density at radius 2 is 1.84 bits per heavy atom. The molecule has 4 heterocycles. The van der Waals surface area contributed by atoms with Crippen LogP contribution in [0.2, 0.25) is 0 Å². The summed E-state index contributed by atoms with van der Waals surface area (Å²) in [7, 11) is 0. The number of rotatable bonds is 2. The molecule has 1 aromatic carbocycles. The van der Waals surface area contributed by atoms with Gasteiger partial charge in [0.2, 0.25) is 17.7 Å². The second-order valence-corrected chi connectivity index (χ2v) is 11.9. The van der Waals surface area contributed by atoms with Gasteiger partial charge in [0.05, 0.1) is 6.61 Å². The van der Waals surface area contributed by atoms with Gasteiger partial charge in [0.15, 0.2) is 6.61 Å². The van der Waals surface area contributed by atoms with Crippen molar-refractivity contribution in [2.24, 2.45) is 5.41 Å². The first-order valence-electron chi connectivity index (χ1n) is 15.1. The van der Waals surface area contributed by atoms with Gasteiger partial charge in [-0.2, -0.15) is 0 Å². The van der Waals surface area contributed by atoms with Crippen LogP contribution in [0.25, 0.3) is 0 Å². The van der Waals surface area contributed by atoms with Gasteiger partial charge < -0.3 is 40.6 Å². The minimum atomic E-state index is -1.21. The smallest absolute Gasteiger partial charge is 0.270 e. The number of aliphatic hydroxyl groups is 1. The molecule has 0 aliphatic carbocycles. The molecule has 5 amide bonds. The summed E-state index contributed by atoms with van der Waals surface area (Å²) >= 11 is 0. The van der Waals surface area contributed by atoms with Crippen LogP contribution < -0.4 is 20.7 Å². The van der Waals surface area contributed by atoms with Gasteiger partial charge in [-0.3, -0.25) is 24.0 Å². The Balaban J connectivity index is 1.38. The molecule has 0 saturated carbocycles. The molecule has 2 saturated heterocycles. The van der Waals surface area contributed by atoms with Crippen molar-refractivity contribution in [1.82, 2.24) is 30.7 Å². The number of aromatic nitrogens is 1. The van der Waals surface area contributed by atoms with E-state index in [1.807, 2.05) is 18.2 Å². The number of nitrogens with one attached hydrogen (secondary N) is 4. The van der Waals surface area contributed by atoms with E-state index in [-0.39, 0.29) is 19.1 Å². The van der Waals surface area contributed by atoms with Gasteiger partial charge >= 0.3 is 0 Å². The number of aromatic amines is 1. The molecule has 5 rings (SSSR count). The predicted octanol–water partition coefficient (Wildman–Crippen LogP) is -0.0388. The largest absolute Gasteiger partial charge is 0.484 e. The van der Waals surface area contributed by atoms with Gasteiger partial charge in [-0.15, -0.1) is 0 Å². The Hall–Kier alpha value is -4.39. The normalized spacial score (nSPS) is 25.1. The summed E-state index contributed by atoms with van der Waals surface area (Å²) < 4.78 is 5.77. The van der Waals surface area contributed by atoms with Gasteiger partial charge in [-0.05, 0) is 74.3 Å². The number of carbonyl (C=O) groups excluding carboxylic acids is 5. The molecule has 3 aliphatic rings. The Kier molecular flexibility index (Phi) is 9.52. The number of benzene rings is 1. The van der Waals surface area contributed by atoms with Gasteiger partial charge in [-0.25, -0.2) is 0 Å². The number of aliphatic hydroxyl groups excluding tert-OH is 1. The van der Waals surface area contributed by atoms with Gasteiger partial charge in [-0.1, -0.05) is 12.1 Å². The van der Waals surface area contributed by atoms with Gasteiger partial charge in [0.1, 0.15) is 29.6 Å². The number of nitrogens with zero attached hydrogens (tertiary/aromatic N) is 2. The second kappa shape index (κ2) is 13.5. The maximum absolute atomic E-state index is 13.3. The van der Waals surface area contributed by atoms with E-state index < -0.39 is 53.8 Å². The summed E-state index contributed by atoms with van der Waals surface area (Å²) in [6, 6.07) is 7.97. The molecule has 0 radical (unpaired) electrons. The summed E-state index contributed by atoms with van der Waals surface area (Å²) in [5.74, 6) is -1.55. The highest BCUT2D eigenvalue weighted by Gasteiger charge is 2.40. The first kappa shape index (κ1) is 31.0. The van der Waals surface area contributed by atoms with E-state index in [0.717, 1.165) is 5.56 Å². The number of amides is 5. The molecule has 236 valence electrons. The van der Waals surface area contributed by atoms with Crippen molar-refractivity contribution >= 4 is 29.5 Å². The number of likely N-dealkylation sites (tertiary alicyclic amines) is 1. The quantitative estimate of drug-likeness (QED) is 0.318. The maximum atomic E-state index is 13.3. The van der Waals surface area contributed by atoms with Crippen molar-refractivity contribution in [3.8, 4) is 5.75 Å². The molecule has 2 bridgehead atoms. The number of hydrogen-bond donors (Lipinski definition) is 5. The van der Waals surface area contributed by atoms with E-state index in [4.69, 9.17) is 4.74 Å². The predicted molar refractivity (Wildman–Crippen MR) is 158 cm³/mol. The molecule has 2 fully saturated rings. The molecule has 1 spiro atoms. The van der Waals surface area contributed by atoms with E-state index in [0.29, 0.717) is 63.2 Å². The highest BCUT2D eigenvalue weighted by atomic mass is 16.5. The number of H-pyrrole nitrogens is 1. The lowest BCUT2D eigenvalue weighted by Crippen LogP contribution is -2.57. The van der Waals surface area contributed by atoms with Crippen LogP contribution in [0.5, 0.6) is 5.75 Å². The third kappa shape index (κ3) is 7.04. The topological polar surface area (TPSA) is 173 Å². The lowest BCUT2D eigenvalue weighted by Gasteiger charge is -2.42. The van der Waals surface area contributed by atoms with Crippen LogP contribution in [0, 0.1) is 5.41 Å². The van der Waals surface area contributed by atoms with Crippen LogP contribution >= 0.6 is 0 Å². The standard InChI is InChI=1S/C31H40N6O7/c1-20-29(42)37-12-4-8-25(37)28(41)35-24(17-38)27(40)33-19-31(9-13-36(14-10-31)30(43)23-7-3-11-32-23)16-21-5-2-6-22(15-21)44-18-26(39)34-20/h2-3,5-7,11,15,20,24-25,32,38H,4,8-10,12-14,16-19H2,1H3,(H,33,40)(H,34,39)(H,35,41)/t20-,24-,25-/m0/s1. The summed E-state index contributed by atoms with van der Waals surface area (Å²) in [4.78, 5) is 71.5. The fourth-order valence-electron chi connectivity index (χ4n) is 6.32. The monoisotopic (exact) mass is 608 g/mol. The van der Waals surface area contributed by atoms with E-state index in [9.17, 15) is 29.1 Å². The lowest BCUT2D eigenvalue weighted by atomic mass is 9.73. The third-order valence-corrected chi connectivity index (χ3v) is 8.83. The highest BCUT2D eigenvalue weighted by molar-refractivity contribution is 5.95. The number of ether oxygens (including phenoxy) is 1. The minimum absolute atomic E-state index is 0.0875. The van der Waals surface area contributed by atoms with Gasteiger partial charge in [0, 0.05) is 32.4 Å². The lowest BCUT2D eigenvalue weighted by molar-refractivity contribution is -0.142. The maximum Gasteiger partial charge on any atom is 0.270 e. The molecule has 44 heavy (non-hydrogen) atoms. The zero-order chi connectivity index (χ0) is 31.3. The Bertz CT molecular complexity index is 1370. The summed E-state index contributed by atoms with van der Waals surface area (Å²) in [5, 5.41) is 18.3. The number of hydrogen-bond acceptors (Lipinski definition) is 7. The number of fused-ring (bicyclic) bond motifs is 3. The molecule has 3 atom stereocenters. The fraction of sp³-hybridized carbons (Fsp3) is 0.516. The van der Waals surface area contributed by atoms with Gasteiger partial charge in [0.25, 0.3) is 11.8 Å². The molecule has 2 aromatic rings. The first-order valence-corrected chi connectivity index (χ1v) is 15.1. The summed E-state index contributed by atoms with van der Waals surface area (Å²) in [6.45, 7) is 2.19. The van der Waals surface area contributed by atoms with Crippen LogP contribution in [-0.4, -0.2) is 107 Å². The first-order chi connectivity index (χ1) is 21.2. The zero-order valence-corrected chi connectivity index (χ0v) is 24.8. The minimum Gasteiger partial charge on any atom is -0.484 e. The van der Waals surface area contributed by atoms with Crippen molar-refractivity contribution in [3.63, 3.8) is 0 Å². The average molecular weight is 609 g/mol. The van der Waals surface area contributed by atoms with Crippen LogP contribution in [0.1, 0.15) is 48.7 Å². The molecule has 1 aromatic heterocycles. The van der Waals surface area contributed by atoms with Crippen molar-refractivity contribution in [1.29, 1.82) is 0 Å². The van der Waals surface area contributed by atoms with E-state index in [2.05, 4.69) is 20.9 Å². The Labute approximate surface area is 255 Å². The van der Waals surface area contributed by atoms with E-state index in [1.54, 1.807) is 36.2 Å². The molecule has 13 nitrogen and oxygen atoms in total. The van der Waals surface area contributed by atoms with Crippen LogP contribution in [0.3, 0.4) is 0 Å². The van der Waals surface area contributed by atoms with E-state index in [1.165, 1.54) is 4.90 Å². The van der Waals surface area contributed by atoms with Crippen LogP contribution in [0.4, 0.5) is 0 Å². The SMILES string of the molecule is C[C@@H]1NC(=O)COc2cccc(c2)CC2(CCN(C(=O)c3ccc[nH]3)CC2)CNC(=O)[C@H](CO)NC(=O)[C@@H]2CCCN2C1=O. The summed E-state index contributed by atoms with van der Waals surface area (Å²) in [6.07, 6.45) is 4.45. The van der Waals surface area contributed by atoms with Crippen molar-refractivity contribution in [2.75, 3.05) is 39.4 Å². The van der Waals surface area contributed by atoms with Crippen molar-refractivity contribution in [2.45, 2.75) is 57.2 Å². The summed E-state index contributed by atoms with van der Waals surface area (Å²) in [5.41, 5.74) is 1.01. The Morgan fingerprint density at radius 3 is 2.57 bits per heavy atom. The third-order valence-electron chi connectivity index (χ3n) is 8.83. The van der Waals surface area contributed by atoms with E-state index >= 15 is 0 Å². The molecule has 5 N–H and O–H groups in total. The fourth-order valence-corrected chi connectivity index (χ4v) is 6.32. The second-order valence-electron chi connectivity index (χ2n) is 11.9. The molecule has 0 unspecified atom stereocenters. The number of carbonyl (C=O) groups is 5. The highest BCUT2D eigenvalue weighted by Crippen LogP contribution is 2.36. The van der Waals surface area contributed by atoms with Crippen LogP contribution in [0.15, 0.2) is 42.6 Å². The van der Waals surface area contributed by atoms with Crippen LogP contribution in [-0.2, 0) is 25.6 Å². The molecular weight excluding hydrogens is 568 g/mol. The molecular formula is C31H40N6O7. The Morgan fingerprint density at radius 1 is 1.05 bits per heavy atom. The molecule has 3 aliphatic heterocycles. The van der Waals surface area contributed by atoms with Crippen molar-refractivity contribution in [3.05, 3.63) is 53.9 Å². The number of piperidine rings is 1. The zero-order valence-electron chi connectivity index (χ0n) is 24.8. The average Bonchev–Trinajstić information content (AvgIpc) is 3.74.